The molecule has 0 spiro atoms. The Morgan fingerprint density at radius 3 is 2.59 bits per heavy atom. The standard InChI is InChI=1S/C33H29Cl2NO3/c1-33(2)16-24-29-22-8-5-4-7-19(22)12-14-26(29)36-31(30(24)27(37)17-33)23-9-6-10-28(38-3)32(23)39-18-20-11-13-21(34)15-25(20)35/h4-15,31,36H,16-18H2,1-3H3/t31-/m1/s1. The molecule has 39 heavy (non-hydrogen) atoms. The van der Waals surface area contributed by atoms with Crippen molar-refractivity contribution in [2.24, 2.45) is 5.41 Å². The molecule has 0 aromatic heterocycles. The van der Waals surface area contributed by atoms with Crippen molar-refractivity contribution in [1.29, 1.82) is 0 Å². The van der Waals surface area contributed by atoms with Gasteiger partial charge in [-0.1, -0.05) is 85.6 Å². The third kappa shape index (κ3) is 4.66. The van der Waals surface area contributed by atoms with Crippen molar-refractivity contribution in [2.45, 2.75) is 39.3 Å². The van der Waals surface area contributed by atoms with E-state index < -0.39 is 0 Å². The lowest BCUT2D eigenvalue weighted by Crippen LogP contribution is -2.33. The van der Waals surface area contributed by atoms with Crippen LogP contribution in [0.5, 0.6) is 11.5 Å². The maximum atomic E-state index is 13.9. The fourth-order valence-corrected chi connectivity index (χ4v) is 6.40. The number of ketones is 1. The highest BCUT2D eigenvalue weighted by Crippen LogP contribution is 2.53. The average molecular weight is 559 g/mol. The summed E-state index contributed by atoms with van der Waals surface area (Å²) in [4.78, 5) is 13.9. The van der Waals surface area contributed by atoms with E-state index in [1.807, 2.05) is 30.3 Å². The normalized spacial score (nSPS) is 17.9. The molecule has 6 rings (SSSR count). The Balaban J connectivity index is 1.51. The molecule has 2 aliphatic rings. The Bertz CT molecular complexity index is 1660. The average Bonchev–Trinajstić information content (AvgIpc) is 2.91. The first-order chi connectivity index (χ1) is 18.8. The van der Waals surface area contributed by atoms with Crippen LogP contribution in [0.25, 0.3) is 16.3 Å². The van der Waals surface area contributed by atoms with Gasteiger partial charge < -0.3 is 14.8 Å². The van der Waals surface area contributed by atoms with Gasteiger partial charge in [0.2, 0.25) is 0 Å². The Labute approximate surface area is 238 Å². The van der Waals surface area contributed by atoms with Gasteiger partial charge >= 0.3 is 0 Å². The van der Waals surface area contributed by atoms with Crippen LogP contribution in [0, 0.1) is 5.41 Å². The van der Waals surface area contributed by atoms with Gasteiger partial charge in [0.1, 0.15) is 6.61 Å². The predicted molar refractivity (Wildman–Crippen MR) is 159 cm³/mol. The van der Waals surface area contributed by atoms with Crippen LogP contribution in [0.4, 0.5) is 5.69 Å². The SMILES string of the molecule is COc1cccc([C@H]2Nc3ccc4ccccc4c3C3=C2C(=O)CC(C)(C)C3)c1OCc1ccc(Cl)cc1Cl. The number of hydrogen-bond donors (Lipinski definition) is 1. The summed E-state index contributed by atoms with van der Waals surface area (Å²) in [5.74, 6) is 1.33. The summed E-state index contributed by atoms with van der Waals surface area (Å²) in [5.41, 5.74) is 5.57. The predicted octanol–water partition coefficient (Wildman–Crippen LogP) is 9.04. The van der Waals surface area contributed by atoms with Gasteiger partial charge in [0.15, 0.2) is 17.3 Å². The molecule has 0 saturated heterocycles. The highest BCUT2D eigenvalue weighted by atomic mass is 35.5. The Morgan fingerprint density at radius 1 is 0.974 bits per heavy atom. The molecule has 4 nitrogen and oxygen atoms in total. The zero-order valence-electron chi connectivity index (χ0n) is 22.1. The van der Waals surface area contributed by atoms with Crippen LogP contribution in [0.2, 0.25) is 10.0 Å². The highest BCUT2D eigenvalue weighted by Gasteiger charge is 2.41. The van der Waals surface area contributed by atoms with E-state index in [2.05, 4.69) is 49.5 Å². The van der Waals surface area contributed by atoms with Crippen molar-refractivity contribution in [3.8, 4) is 11.5 Å². The molecule has 4 aromatic carbocycles. The summed E-state index contributed by atoms with van der Waals surface area (Å²) in [6.45, 7) is 4.57. The van der Waals surface area contributed by atoms with Gasteiger partial charge in [0.05, 0.1) is 13.2 Å². The molecule has 0 bridgehead atoms. The number of rotatable bonds is 5. The number of nitrogens with one attached hydrogen (secondary N) is 1. The Kier molecular flexibility index (Phi) is 6.57. The van der Waals surface area contributed by atoms with Gasteiger partial charge in [-0.3, -0.25) is 4.79 Å². The minimum Gasteiger partial charge on any atom is -0.493 e. The molecule has 1 heterocycles. The third-order valence-corrected chi connectivity index (χ3v) is 8.25. The summed E-state index contributed by atoms with van der Waals surface area (Å²) < 4.78 is 12.1. The molecule has 0 amide bonds. The van der Waals surface area contributed by atoms with Gasteiger partial charge in [-0.05, 0) is 52.4 Å². The smallest absolute Gasteiger partial charge is 0.167 e. The summed E-state index contributed by atoms with van der Waals surface area (Å²) in [6, 6.07) is 23.4. The molecule has 1 aliphatic carbocycles. The molecule has 0 unspecified atom stereocenters. The molecule has 6 heteroatoms. The van der Waals surface area contributed by atoms with Crippen LogP contribution in [0.1, 0.15) is 49.4 Å². The van der Waals surface area contributed by atoms with Crippen LogP contribution >= 0.6 is 23.2 Å². The number of halogens is 2. The van der Waals surface area contributed by atoms with E-state index in [-0.39, 0.29) is 23.8 Å². The number of anilines is 1. The number of fused-ring (bicyclic) bond motifs is 4. The van der Waals surface area contributed by atoms with E-state index >= 15 is 0 Å². The largest absolute Gasteiger partial charge is 0.493 e. The lowest BCUT2D eigenvalue weighted by Gasteiger charge is -2.40. The molecule has 1 aliphatic heterocycles. The summed E-state index contributed by atoms with van der Waals surface area (Å²) in [5, 5.41) is 7.12. The highest BCUT2D eigenvalue weighted by molar-refractivity contribution is 6.35. The topological polar surface area (TPSA) is 47.6 Å². The van der Waals surface area contributed by atoms with Gasteiger partial charge in [-0.2, -0.15) is 0 Å². The number of para-hydroxylation sites is 1. The number of allylic oxidation sites excluding steroid dienone is 1. The summed E-state index contributed by atoms with van der Waals surface area (Å²) in [6.07, 6.45) is 1.30. The van der Waals surface area contributed by atoms with Crippen molar-refractivity contribution in [1.82, 2.24) is 0 Å². The number of ether oxygens (including phenoxy) is 2. The van der Waals surface area contributed by atoms with Crippen molar-refractivity contribution in [3.63, 3.8) is 0 Å². The van der Waals surface area contributed by atoms with Crippen molar-refractivity contribution >= 4 is 51.0 Å². The summed E-state index contributed by atoms with van der Waals surface area (Å²) >= 11 is 12.5. The van der Waals surface area contributed by atoms with Crippen LogP contribution in [-0.2, 0) is 11.4 Å². The first-order valence-corrected chi connectivity index (χ1v) is 13.8. The quantitative estimate of drug-likeness (QED) is 0.266. The third-order valence-electron chi connectivity index (χ3n) is 7.67. The summed E-state index contributed by atoms with van der Waals surface area (Å²) in [7, 11) is 1.62. The van der Waals surface area contributed by atoms with Gasteiger partial charge in [-0.15, -0.1) is 0 Å². The Hall–Kier alpha value is -3.47. The number of hydrogen-bond acceptors (Lipinski definition) is 4. The Morgan fingerprint density at radius 2 is 1.79 bits per heavy atom. The molecule has 4 aromatic rings. The van der Waals surface area contributed by atoms with E-state index in [1.54, 1.807) is 19.2 Å². The number of carbonyl (C=O) groups excluding carboxylic acids is 1. The van der Waals surface area contributed by atoms with Gasteiger partial charge in [0.25, 0.3) is 0 Å². The van der Waals surface area contributed by atoms with Crippen molar-refractivity contribution in [2.75, 3.05) is 12.4 Å². The van der Waals surface area contributed by atoms with Crippen LogP contribution in [-0.4, -0.2) is 12.9 Å². The minimum atomic E-state index is -0.386. The second-order valence-electron chi connectivity index (χ2n) is 11.0. The first-order valence-electron chi connectivity index (χ1n) is 13.0. The molecule has 0 radical (unpaired) electrons. The fourth-order valence-electron chi connectivity index (χ4n) is 5.93. The number of carbonyl (C=O) groups is 1. The molecular weight excluding hydrogens is 529 g/mol. The van der Waals surface area contributed by atoms with Crippen LogP contribution < -0.4 is 14.8 Å². The molecule has 0 fully saturated rings. The maximum Gasteiger partial charge on any atom is 0.167 e. The molecular formula is C33H29Cl2NO3. The first kappa shape index (κ1) is 25.8. The fraction of sp³-hybridized carbons (Fsp3) is 0.242. The molecule has 198 valence electrons. The maximum absolute atomic E-state index is 13.9. The molecule has 1 N–H and O–H groups in total. The zero-order chi connectivity index (χ0) is 27.3. The van der Waals surface area contributed by atoms with E-state index in [1.165, 1.54) is 0 Å². The molecule has 0 saturated carbocycles. The lowest BCUT2D eigenvalue weighted by atomic mass is 9.67. The van der Waals surface area contributed by atoms with E-state index in [9.17, 15) is 4.79 Å². The van der Waals surface area contributed by atoms with Gasteiger partial charge in [0, 0.05) is 44.4 Å². The molecule has 1 atom stereocenters. The van der Waals surface area contributed by atoms with E-state index in [4.69, 9.17) is 32.7 Å². The second kappa shape index (κ2) is 9.93. The van der Waals surface area contributed by atoms with Crippen LogP contribution in [0.3, 0.4) is 0 Å². The second-order valence-corrected chi connectivity index (χ2v) is 11.9. The van der Waals surface area contributed by atoms with Crippen LogP contribution in [0.15, 0.2) is 78.4 Å². The zero-order valence-corrected chi connectivity index (χ0v) is 23.6. The van der Waals surface area contributed by atoms with Crippen molar-refractivity contribution < 1.29 is 14.3 Å². The van der Waals surface area contributed by atoms with E-state index in [0.29, 0.717) is 28.0 Å². The number of Topliss-reactive ketones (excluding diaryl/α,β-unsaturated/α-hetero) is 1. The van der Waals surface area contributed by atoms with Crippen molar-refractivity contribution in [3.05, 3.63) is 105 Å². The number of methoxy groups -OCH3 is 1. The minimum absolute atomic E-state index is 0.134. The van der Waals surface area contributed by atoms with E-state index in [0.717, 1.165) is 50.7 Å². The van der Waals surface area contributed by atoms with Gasteiger partial charge in [-0.25, -0.2) is 0 Å². The lowest BCUT2D eigenvalue weighted by molar-refractivity contribution is -0.118. The number of benzene rings is 4. The monoisotopic (exact) mass is 557 g/mol.